The minimum atomic E-state index is 1.14. The van der Waals surface area contributed by atoms with Crippen LogP contribution in [-0.4, -0.2) is 13.7 Å². The summed E-state index contributed by atoms with van der Waals surface area (Å²) >= 11 is 0. The Labute approximate surface area is 364 Å². The minimum Gasteiger partial charge on any atom is -0.309 e. The second-order valence-corrected chi connectivity index (χ2v) is 16.6. The third kappa shape index (κ3) is 5.60. The Morgan fingerprint density at radius 2 is 0.524 bits per heavy atom. The summed E-state index contributed by atoms with van der Waals surface area (Å²) in [5, 5.41) is 7.46. The van der Waals surface area contributed by atoms with Crippen molar-refractivity contribution in [2.75, 3.05) is 0 Å². The van der Waals surface area contributed by atoms with E-state index >= 15 is 0 Å². The van der Waals surface area contributed by atoms with Crippen molar-refractivity contribution < 1.29 is 0 Å². The molecule has 0 atom stereocenters. The molecular weight excluding hydrogens is 763 g/mol. The normalized spacial score (nSPS) is 11.8. The molecule has 3 heteroatoms. The zero-order valence-electron chi connectivity index (χ0n) is 34.4. The van der Waals surface area contributed by atoms with Crippen LogP contribution in [0.3, 0.4) is 0 Å². The first-order valence-electron chi connectivity index (χ1n) is 21.7. The molecular formula is C60H39N3. The van der Waals surface area contributed by atoms with Crippen molar-refractivity contribution in [1.29, 1.82) is 0 Å². The molecule has 294 valence electrons. The molecule has 3 heterocycles. The molecule has 0 spiro atoms. The van der Waals surface area contributed by atoms with Crippen LogP contribution >= 0.6 is 0 Å². The standard InChI is InChI=1S/C60H39N3/c1-3-15-40(16-4-1)41-17-13-18-42(35-41)43-19-14-22-47(36-43)62-57-28-12-9-25-51(57)54-39-48(31-34-60(54)62)63-56-27-11-8-24-50(56)53-38-45(30-33-59(53)63)44-29-32-58-52(37-44)49-23-7-10-26-55(49)61(58)46-20-5-2-6-21-46/h1-39H. The minimum absolute atomic E-state index is 1.14. The van der Waals surface area contributed by atoms with Crippen LogP contribution < -0.4 is 0 Å². The largest absolute Gasteiger partial charge is 0.309 e. The number of rotatable bonds is 6. The van der Waals surface area contributed by atoms with E-state index in [1.807, 2.05) is 0 Å². The molecule has 3 nitrogen and oxygen atoms in total. The predicted molar refractivity (Wildman–Crippen MR) is 266 cm³/mol. The summed E-state index contributed by atoms with van der Waals surface area (Å²) in [7, 11) is 0. The van der Waals surface area contributed by atoms with Gasteiger partial charge in [0, 0.05) is 49.4 Å². The van der Waals surface area contributed by atoms with Gasteiger partial charge in [0.2, 0.25) is 0 Å². The Morgan fingerprint density at radius 1 is 0.175 bits per heavy atom. The van der Waals surface area contributed by atoms with Gasteiger partial charge in [0.15, 0.2) is 0 Å². The highest BCUT2D eigenvalue weighted by atomic mass is 15.0. The number of hydrogen-bond donors (Lipinski definition) is 0. The molecule has 0 radical (unpaired) electrons. The van der Waals surface area contributed by atoms with E-state index in [9.17, 15) is 0 Å². The number of aromatic nitrogens is 3. The van der Waals surface area contributed by atoms with Gasteiger partial charge < -0.3 is 13.7 Å². The molecule has 13 rings (SSSR count). The van der Waals surface area contributed by atoms with Crippen LogP contribution in [0.5, 0.6) is 0 Å². The Morgan fingerprint density at radius 3 is 1.10 bits per heavy atom. The Bertz CT molecular complexity index is 3900. The summed E-state index contributed by atoms with van der Waals surface area (Å²) in [6.07, 6.45) is 0. The summed E-state index contributed by atoms with van der Waals surface area (Å²) in [5.74, 6) is 0. The molecule has 0 aliphatic heterocycles. The number of benzene rings is 10. The van der Waals surface area contributed by atoms with Gasteiger partial charge >= 0.3 is 0 Å². The average molecular weight is 802 g/mol. The van der Waals surface area contributed by atoms with E-state index in [4.69, 9.17) is 0 Å². The molecule has 10 aromatic carbocycles. The van der Waals surface area contributed by atoms with E-state index in [0.29, 0.717) is 0 Å². The highest BCUT2D eigenvalue weighted by Gasteiger charge is 2.19. The van der Waals surface area contributed by atoms with Crippen molar-refractivity contribution >= 4 is 65.4 Å². The zero-order valence-corrected chi connectivity index (χ0v) is 34.4. The van der Waals surface area contributed by atoms with Crippen molar-refractivity contribution in [3.8, 4) is 50.4 Å². The summed E-state index contributed by atoms with van der Waals surface area (Å²) in [6, 6.07) is 86.4. The predicted octanol–water partition coefficient (Wildman–Crippen LogP) is 16.0. The van der Waals surface area contributed by atoms with Gasteiger partial charge in [-0.1, -0.05) is 146 Å². The molecule has 0 fully saturated rings. The molecule has 0 aliphatic rings. The van der Waals surface area contributed by atoms with Crippen molar-refractivity contribution in [3.63, 3.8) is 0 Å². The van der Waals surface area contributed by atoms with Gasteiger partial charge in [0.05, 0.1) is 33.1 Å². The molecule has 63 heavy (non-hydrogen) atoms. The summed E-state index contributed by atoms with van der Waals surface area (Å²) < 4.78 is 7.24. The van der Waals surface area contributed by atoms with E-state index in [0.717, 1.165) is 11.4 Å². The van der Waals surface area contributed by atoms with Gasteiger partial charge in [-0.15, -0.1) is 0 Å². The molecule has 0 aliphatic carbocycles. The Balaban J connectivity index is 0.935. The second kappa shape index (κ2) is 14.1. The lowest BCUT2D eigenvalue weighted by Crippen LogP contribution is -1.96. The number of fused-ring (bicyclic) bond motifs is 9. The maximum atomic E-state index is 2.44. The summed E-state index contributed by atoms with van der Waals surface area (Å²) in [5.41, 5.74) is 17.9. The molecule has 0 unspecified atom stereocenters. The van der Waals surface area contributed by atoms with Gasteiger partial charge in [-0.25, -0.2) is 0 Å². The fourth-order valence-electron chi connectivity index (χ4n) is 10.1. The fourth-order valence-corrected chi connectivity index (χ4v) is 10.1. The van der Waals surface area contributed by atoms with E-state index in [1.54, 1.807) is 0 Å². The smallest absolute Gasteiger partial charge is 0.0542 e. The molecule has 3 aromatic heterocycles. The van der Waals surface area contributed by atoms with E-state index in [1.165, 1.54) is 104 Å². The first kappa shape index (κ1) is 35.4. The lowest BCUT2D eigenvalue weighted by Gasteiger charge is -2.12. The molecule has 0 saturated carbocycles. The summed E-state index contributed by atoms with van der Waals surface area (Å²) in [4.78, 5) is 0. The highest BCUT2D eigenvalue weighted by Crippen LogP contribution is 2.40. The van der Waals surface area contributed by atoms with Crippen molar-refractivity contribution in [3.05, 3.63) is 237 Å². The van der Waals surface area contributed by atoms with E-state index in [2.05, 4.69) is 250 Å². The molecule has 0 saturated heterocycles. The van der Waals surface area contributed by atoms with Crippen LogP contribution in [0.1, 0.15) is 0 Å². The van der Waals surface area contributed by atoms with E-state index < -0.39 is 0 Å². The van der Waals surface area contributed by atoms with Crippen molar-refractivity contribution in [2.24, 2.45) is 0 Å². The van der Waals surface area contributed by atoms with Gasteiger partial charge in [0.1, 0.15) is 0 Å². The lowest BCUT2D eigenvalue weighted by atomic mass is 9.99. The molecule has 13 aromatic rings. The topological polar surface area (TPSA) is 14.8 Å². The van der Waals surface area contributed by atoms with Gasteiger partial charge in [0.25, 0.3) is 0 Å². The monoisotopic (exact) mass is 801 g/mol. The maximum absolute atomic E-state index is 2.44. The third-order valence-electron chi connectivity index (χ3n) is 13.0. The third-order valence-corrected chi connectivity index (χ3v) is 13.0. The van der Waals surface area contributed by atoms with Gasteiger partial charge in [-0.2, -0.15) is 0 Å². The number of hydrogen-bond acceptors (Lipinski definition) is 0. The quantitative estimate of drug-likeness (QED) is 0.159. The zero-order chi connectivity index (χ0) is 41.4. The number of nitrogens with zero attached hydrogens (tertiary/aromatic N) is 3. The van der Waals surface area contributed by atoms with Gasteiger partial charge in [-0.3, -0.25) is 0 Å². The SMILES string of the molecule is c1ccc(-c2cccc(-c3cccc(-n4c5ccccc5c5cc(-n6c7ccccc7c7cc(-c8ccc9c(c8)c8ccccc8n9-c8ccccc8)ccc76)ccc54)c3)c2)cc1. The molecule has 0 amide bonds. The lowest BCUT2D eigenvalue weighted by molar-refractivity contribution is 1.17. The Kier molecular flexibility index (Phi) is 7.91. The average Bonchev–Trinajstić information content (AvgIpc) is 3.99. The van der Waals surface area contributed by atoms with Crippen molar-refractivity contribution in [2.45, 2.75) is 0 Å². The second-order valence-electron chi connectivity index (χ2n) is 16.6. The highest BCUT2D eigenvalue weighted by molar-refractivity contribution is 6.14. The van der Waals surface area contributed by atoms with Crippen LogP contribution in [0.25, 0.3) is 116 Å². The van der Waals surface area contributed by atoms with Gasteiger partial charge in [-0.05, 0) is 124 Å². The van der Waals surface area contributed by atoms with Crippen LogP contribution in [0.4, 0.5) is 0 Å². The summed E-state index contributed by atoms with van der Waals surface area (Å²) in [6.45, 7) is 0. The van der Waals surface area contributed by atoms with E-state index in [-0.39, 0.29) is 0 Å². The number of para-hydroxylation sites is 4. The first-order chi connectivity index (χ1) is 31.2. The Hall–Kier alpha value is -8.40. The first-order valence-corrected chi connectivity index (χ1v) is 21.7. The maximum Gasteiger partial charge on any atom is 0.0542 e. The van der Waals surface area contributed by atoms with Crippen LogP contribution in [-0.2, 0) is 0 Å². The molecule has 0 N–H and O–H groups in total. The van der Waals surface area contributed by atoms with Crippen LogP contribution in [0, 0.1) is 0 Å². The molecule has 0 bridgehead atoms. The van der Waals surface area contributed by atoms with Crippen molar-refractivity contribution in [1.82, 2.24) is 13.7 Å². The fraction of sp³-hybridized carbons (Fsp3) is 0. The van der Waals surface area contributed by atoms with Crippen LogP contribution in [0.2, 0.25) is 0 Å². The van der Waals surface area contributed by atoms with Crippen LogP contribution in [0.15, 0.2) is 237 Å².